The van der Waals surface area contributed by atoms with Crippen molar-refractivity contribution in [1.82, 2.24) is 0 Å². The van der Waals surface area contributed by atoms with E-state index in [1.165, 1.54) is 0 Å². The molecule has 0 atom stereocenters. The van der Waals surface area contributed by atoms with Crippen molar-refractivity contribution in [3.8, 4) is 0 Å². The zero-order valence-electron chi connectivity index (χ0n) is 6.76. The van der Waals surface area contributed by atoms with E-state index in [0.29, 0.717) is 0 Å². The van der Waals surface area contributed by atoms with Crippen LogP contribution < -0.4 is 0 Å². The minimum absolute atomic E-state index is 1.14. The Labute approximate surface area is 66.7 Å². The highest BCUT2D eigenvalue weighted by molar-refractivity contribution is 8.38. The van der Waals surface area contributed by atoms with Gasteiger partial charge in [0.1, 0.15) is 4.38 Å². The molecule has 0 heterocycles. The Morgan fingerprint density at radius 1 is 1.11 bits per heavy atom. The molecule has 0 aromatic rings. The summed E-state index contributed by atoms with van der Waals surface area (Å²) in [6.45, 7) is 4.00. The Hall–Kier alpha value is 0.370. The van der Waals surface area contributed by atoms with Crippen LogP contribution in [0, 0.1) is 0 Å². The minimum atomic E-state index is 1.14. The molecule has 0 bridgehead atoms. The van der Waals surface area contributed by atoms with Gasteiger partial charge in [0.05, 0.1) is 0 Å². The average molecular weight is 165 g/mol. The lowest BCUT2D eigenvalue weighted by Gasteiger charge is -1.90. The molecule has 0 saturated heterocycles. The highest BCUT2D eigenvalue weighted by atomic mass is 32.2. The lowest BCUT2D eigenvalue weighted by atomic mass is 11.0. The van der Waals surface area contributed by atoms with Gasteiger partial charge in [-0.05, 0) is 12.5 Å². The van der Waals surface area contributed by atoms with Crippen molar-refractivity contribution in [3.05, 3.63) is 0 Å². The van der Waals surface area contributed by atoms with Crippen LogP contribution in [0.25, 0.3) is 0 Å². The lowest BCUT2D eigenvalue weighted by Crippen LogP contribution is -1.77. The highest BCUT2D eigenvalue weighted by Gasteiger charge is 1.85. The van der Waals surface area contributed by atoms with Gasteiger partial charge in [-0.25, -0.2) is 0 Å². The summed E-state index contributed by atoms with van der Waals surface area (Å²) in [4.78, 5) is 3.97. The van der Waals surface area contributed by atoms with Crippen molar-refractivity contribution >= 4 is 27.9 Å². The number of hydrogen-bond acceptors (Lipinski definition) is 3. The van der Waals surface area contributed by atoms with Crippen LogP contribution in [0.5, 0.6) is 0 Å². The van der Waals surface area contributed by atoms with Crippen LogP contribution in [0.3, 0.4) is 0 Å². The van der Waals surface area contributed by atoms with Crippen molar-refractivity contribution < 1.29 is 0 Å². The van der Waals surface area contributed by atoms with Gasteiger partial charge in [-0.2, -0.15) is 0 Å². The summed E-state index contributed by atoms with van der Waals surface area (Å²) in [5.41, 5.74) is 0. The van der Waals surface area contributed by atoms with Crippen LogP contribution in [-0.2, 0) is 0 Å². The van der Waals surface area contributed by atoms with E-state index >= 15 is 0 Å². The first kappa shape index (κ1) is 12.1. The van der Waals surface area contributed by atoms with Crippen LogP contribution in [0.2, 0.25) is 0 Å². The first-order chi connectivity index (χ1) is 4.35. The lowest BCUT2D eigenvalue weighted by molar-refractivity contribution is 1.48. The van der Waals surface area contributed by atoms with E-state index in [0.717, 1.165) is 4.38 Å². The average Bonchev–Trinajstić information content (AvgIpc) is 1.96. The number of rotatable bonds is 0. The second-order valence-electron chi connectivity index (χ2n) is 0.898. The fourth-order valence-electron chi connectivity index (χ4n) is 0.266. The van der Waals surface area contributed by atoms with Gasteiger partial charge in [0.15, 0.2) is 0 Å². The summed E-state index contributed by atoms with van der Waals surface area (Å²) in [6, 6.07) is 0. The second-order valence-corrected chi connectivity index (χ2v) is 2.75. The monoisotopic (exact) mass is 165 g/mol. The van der Waals surface area contributed by atoms with Crippen LogP contribution in [0.1, 0.15) is 13.8 Å². The molecule has 9 heavy (non-hydrogen) atoms. The van der Waals surface area contributed by atoms with Gasteiger partial charge in [0, 0.05) is 7.05 Å². The third kappa shape index (κ3) is 8.37. The van der Waals surface area contributed by atoms with Gasteiger partial charge >= 0.3 is 0 Å². The normalized spacial score (nSPS) is 7.22. The molecule has 0 aliphatic heterocycles. The van der Waals surface area contributed by atoms with E-state index < -0.39 is 0 Å². The van der Waals surface area contributed by atoms with Gasteiger partial charge in [0.2, 0.25) is 0 Å². The Kier molecular flexibility index (Phi) is 15.0. The third-order valence-corrected chi connectivity index (χ3v) is 2.60. The molecule has 0 saturated carbocycles. The minimum Gasteiger partial charge on any atom is -0.275 e. The van der Waals surface area contributed by atoms with E-state index in [9.17, 15) is 0 Å². The molecular weight excluding hydrogens is 150 g/mol. The van der Waals surface area contributed by atoms with Gasteiger partial charge in [-0.3, -0.25) is 4.99 Å². The standard InChI is InChI=1S/C4H9NS2.C2H6/c1-5-4(6-2)7-3;1-2/h1-3H3;1-2H3. The molecule has 0 unspecified atom stereocenters. The van der Waals surface area contributed by atoms with Crippen molar-refractivity contribution in [3.63, 3.8) is 0 Å². The molecule has 0 aromatic carbocycles. The van der Waals surface area contributed by atoms with E-state index in [1.54, 1.807) is 23.5 Å². The molecule has 0 aromatic heterocycles. The zero-order valence-corrected chi connectivity index (χ0v) is 8.40. The van der Waals surface area contributed by atoms with Gasteiger partial charge < -0.3 is 0 Å². The van der Waals surface area contributed by atoms with Crippen molar-refractivity contribution in [2.75, 3.05) is 19.6 Å². The molecule has 0 fully saturated rings. The number of hydrogen-bond donors (Lipinski definition) is 0. The molecule has 0 aliphatic carbocycles. The molecule has 1 nitrogen and oxygen atoms in total. The molecule has 56 valence electrons. The molecule has 3 heteroatoms. The third-order valence-electron chi connectivity index (χ3n) is 0.532. The molecule has 0 N–H and O–H groups in total. The van der Waals surface area contributed by atoms with E-state index in [2.05, 4.69) is 4.99 Å². The van der Waals surface area contributed by atoms with E-state index in [1.807, 2.05) is 33.4 Å². The predicted octanol–water partition coefficient (Wildman–Crippen LogP) is 2.72. The number of aliphatic imine (C=N–C) groups is 1. The van der Waals surface area contributed by atoms with Crippen LogP contribution >= 0.6 is 23.5 Å². The molecule has 0 amide bonds. The van der Waals surface area contributed by atoms with Crippen LogP contribution in [-0.4, -0.2) is 23.9 Å². The first-order valence-corrected chi connectivity index (χ1v) is 5.35. The Bertz CT molecular complexity index is 65.5. The van der Waals surface area contributed by atoms with Crippen molar-refractivity contribution in [2.45, 2.75) is 13.8 Å². The Balaban J connectivity index is 0. The van der Waals surface area contributed by atoms with Crippen molar-refractivity contribution in [2.24, 2.45) is 4.99 Å². The fraction of sp³-hybridized carbons (Fsp3) is 0.833. The smallest absolute Gasteiger partial charge is 0.123 e. The molecule has 0 aliphatic rings. The maximum absolute atomic E-state index is 3.97. The number of nitrogens with zero attached hydrogens (tertiary/aromatic N) is 1. The predicted molar refractivity (Wildman–Crippen MR) is 51.7 cm³/mol. The van der Waals surface area contributed by atoms with E-state index in [4.69, 9.17) is 0 Å². The molecular formula is C6H15NS2. The van der Waals surface area contributed by atoms with Gasteiger partial charge in [0.25, 0.3) is 0 Å². The maximum Gasteiger partial charge on any atom is 0.123 e. The van der Waals surface area contributed by atoms with Crippen molar-refractivity contribution in [1.29, 1.82) is 0 Å². The van der Waals surface area contributed by atoms with E-state index in [-0.39, 0.29) is 0 Å². The van der Waals surface area contributed by atoms with Crippen LogP contribution in [0.15, 0.2) is 4.99 Å². The zero-order chi connectivity index (χ0) is 7.70. The summed E-state index contributed by atoms with van der Waals surface area (Å²) in [5.74, 6) is 0. The molecule has 0 rings (SSSR count). The summed E-state index contributed by atoms with van der Waals surface area (Å²) in [7, 11) is 1.81. The van der Waals surface area contributed by atoms with Gasteiger partial charge in [-0.15, -0.1) is 23.5 Å². The Morgan fingerprint density at radius 2 is 1.44 bits per heavy atom. The highest BCUT2D eigenvalue weighted by Crippen LogP contribution is 2.08. The van der Waals surface area contributed by atoms with Crippen LogP contribution in [0.4, 0.5) is 0 Å². The SMILES string of the molecule is CC.CN=C(SC)SC. The fourth-order valence-corrected chi connectivity index (χ4v) is 1.30. The molecule has 0 spiro atoms. The Morgan fingerprint density at radius 3 is 1.44 bits per heavy atom. The quantitative estimate of drug-likeness (QED) is 0.404. The summed E-state index contributed by atoms with van der Waals surface area (Å²) < 4.78 is 1.14. The summed E-state index contributed by atoms with van der Waals surface area (Å²) >= 11 is 3.37. The molecule has 0 radical (unpaired) electrons. The number of thioether (sulfide) groups is 2. The second kappa shape index (κ2) is 11.2. The first-order valence-electron chi connectivity index (χ1n) is 2.90. The maximum atomic E-state index is 3.97. The summed E-state index contributed by atoms with van der Waals surface area (Å²) in [5, 5.41) is 0. The largest absolute Gasteiger partial charge is 0.275 e. The van der Waals surface area contributed by atoms with Gasteiger partial charge in [-0.1, -0.05) is 13.8 Å². The topological polar surface area (TPSA) is 12.4 Å². The summed E-state index contributed by atoms with van der Waals surface area (Å²) in [6.07, 6.45) is 4.05.